The molecule has 2 heterocycles. The minimum atomic E-state index is -3.79. The fraction of sp³-hybridized carbons (Fsp3) is 0.545. The number of sulfonamides is 1. The van der Waals surface area contributed by atoms with Crippen LogP contribution in [0.4, 0.5) is 0 Å². The summed E-state index contributed by atoms with van der Waals surface area (Å²) < 4.78 is 49.2. The monoisotopic (exact) mass is 319 g/mol. The summed E-state index contributed by atoms with van der Waals surface area (Å²) in [6.45, 7) is 0.00616. The van der Waals surface area contributed by atoms with Gasteiger partial charge in [-0.2, -0.15) is 4.31 Å². The molecule has 112 valence electrons. The van der Waals surface area contributed by atoms with E-state index in [1.54, 1.807) is 0 Å². The topological polar surface area (TPSA) is 110 Å². The average Bonchev–Trinajstić information content (AvgIpc) is 2.78. The van der Waals surface area contributed by atoms with E-state index in [9.17, 15) is 16.8 Å². The predicted octanol–water partition coefficient (Wildman–Crippen LogP) is -0.652. The first-order chi connectivity index (χ1) is 9.28. The van der Waals surface area contributed by atoms with Crippen molar-refractivity contribution in [1.82, 2.24) is 9.29 Å². The van der Waals surface area contributed by atoms with Crippen molar-refractivity contribution in [3.05, 3.63) is 24.0 Å². The molecule has 1 aromatic rings. The molecule has 0 aromatic carbocycles. The Balaban J connectivity index is 2.35. The molecule has 7 nitrogen and oxygen atoms in total. The molecular weight excluding hydrogens is 302 g/mol. The van der Waals surface area contributed by atoms with Gasteiger partial charge >= 0.3 is 0 Å². The van der Waals surface area contributed by atoms with E-state index in [4.69, 9.17) is 5.73 Å². The molecule has 1 aliphatic heterocycles. The Labute approximate surface area is 118 Å². The molecule has 20 heavy (non-hydrogen) atoms. The number of nitrogens with zero attached hydrogens (tertiary/aromatic N) is 2. The zero-order valence-corrected chi connectivity index (χ0v) is 12.7. The second kappa shape index (κ2) is 5.40. The maximum Gasteiger partial charge on any atom is 0.244 e. The van der Waals surface area contributed by atoms with E-state index in [0.29, 0.717) is 6.42 Å². The molecule has 1 aromatic heterocycles. The molecule has 1 saturated heterocycles. The number of hydrogen-bond acceptors (Lipinski definition) is 6. The molecule has 0 radical (unpaired) electrons. The third kappa shape index (κ3) is 2.85. The minimum Gasteiger partial charge on any atom is -0.325 e. The molecule has 1 aliphatic rings. The van der Waals surface area contributed by atoms with Crippen molar-refractivity contribution in [1.29, 1.82) is 0 Å². The van der Waals surface area contributed by atoms with E-state index >= 15 is 0 Å². The van der Waals surface area contributed by atoms with E-state index in [1.807, 2.05) is 0 Å². The van der Waals surface area contributed by atoms with Gasteiger partial charge in [0.05, 0.1) is 17.2 Å². The summed E-state index contributed by atoms with van der Waals surface area (Å²) in [4.78, 5) is 3.99. The molecule has 9 heteroatoms. The second-order valence-corrected chi connectivity index (χ2v) is 8.93. The number of aromatic nitrogens is 1. The van der Waals surface area contributed by atoms with Gasteiger partial charge in [0.2, 0.25) is 10.0 Å². The molecule has 0 aliphatic carbocycles. The Bertz CT molecular complexity index is 700. The Morgan fingerprint density at radius 2 is 2.20 bits per heavy atom. The van der Waals surface area contributed by atoms with Crippen LogP contribution in [0.15, 0.2) is 23.2 Å². The quantitative estimate of drug-likeness (QED) is 0.789. The van der Waals surface area contributed by atoms with E-state index in [2.05, 4.69) is 4.98 Å². The van der Waals surface area contributed by atoms with Crippen molar-refractivity contribution in [2.24, 2.45) is 5.73 Å². The van der Waals surface area contributed by atoms with Gasteiger partial charge in [-0.3, -0.25) is 4.98 Å². The third-order valence-electron chi connectivity index (χ3n) is 3.42. The van der Waals surface area contributed by atoms with Crippen molar-refractivity contribution < 1.29 is 16.8 Å². The molecule has 2 N–H and O–H groups in total. The highest BCUT2D eigenvalue weighted by molar-refractivity contribution is 7.92. The van der Waals surface area contributed by atoms with Crippen LogP contribution in [0, 0.1) is 0 Å². The van der Waals surface area contributed by atoms with Gasteiger partial charge in [0, 0.05) is 25.8 Å². The fourth-order valence-electron chi connectivity index (χ4n) is 2.22. The van der Waals surface area contributed by atoms with Crippen molar-refractivity contribution in [2.75, 3.05) is 18.6 Å². The molecule has 2 rings (SSSR count). The van der Waals surface area contributed by atoms with Gasteiger partial charge in [-0.25, -0.2) is 16.8 Å². The van der Waals surface area contributed by atoms with Crippen LogP contribution in [0.2, 0.25) is 0 Å². The van der Waals surface area contributed by atoms with E-state index in [0.717, 1.165) is 4.31 Å². The molecule has 0 amide bonds. The predicted molar refractivity (Wildman–Crippen MR) is 74.1 cm³/mol. The van der Waals surface area contributed by atoms with Crippen LogP contribution in [0.1, 0.15) is 12.1 Å². The Morgan fingerprint density at radius 1 is 1.50 bits per heavy atom. The number of rotatable bonds is 4. The smallest absolute Gasteiger partial charge is 0.244 e. The zero-order chi connectivity index (χ0) is 15.0. The summed E-state index contributed by atoms with van der Waals surface area (Å²) in [5.41, 5.74) is 5.78. The summed E-state index contributed by atoms with van der Waals surface area (Å²) in [5.74, 6) is -0.116. The second-order valence-electron chi connectivity index (χ2n) is 4.73. The lowest BCUT2D eigenvalue weighted by Crippen LogP contribution is -2.38. The van der Waals surface area contributed by atoms with Crippen LogP contribution >= 0.6 is 0 Å². The fourth-order valence-corrected chi connectivity index (χ4v) is 5.66. The normalized spacial score (nSPS) is 22.2. The molecule has 0 bridgehead atoms. The van der Waals surface area contributed by atoms with Gasteiger partial charge < -0.3 is 5.73 Å². The van der Waals surface area contributed by atoms with Gasteiger partial charge in [0.1, 0.15) is 4.90 Å². The van der Waals surface area contributed by atoms with E-state index < -0.39 is 25.9 Å². The standard InChI is InChI=1S/C11H17N3O4S2/c1-14(9-4-6-19(15,16)8-9)20(17,18)11-3-2-5-13-10(11)7-12/h2-3,5,9H,4,6-8,12H2,1H3. The molecule has 1 atom stereocenters. The summed E-state index contributed by atoms with van der Waals surface area (Å²) >= 11 is 0. The molecule has 1 fully saturated rings. The lowest BCUT2D eigenvalue weighted by Gasteiger charge is -2.23. The lowest BCUT2D eigenvalue weighted by molar-refractivity contribution is 0.393. The first-order valence-corrected chi connectivity index (χ1v) is 9.36. The molecule has 0 saturated carbocycles. The number of sulfone groups is 1. The summed E-state index contributed by atoms with van der Waals surface area (Å²) in [6, 6.07) is 2.42. The van der Waals surface area contributed by atoms with Crippen LogP contribution in [0.5, 0.6) is 0 Å². The maximum atomic E-state index is 12.5. The average molecular weight is 319 g/mol. The van der Waals surface area contributed by atoms with Crippen molar-refractivity contribution in [3.63, 3.8) is 0 Å². The highest BCUT2D eigenvalue weighted by atomic mass is 32.2. The third-order valence-corrected chi connectivity index (χ3v) is 7.16. The zero-order valence-electron chi connectivity index (χ0n) is 11.1. The van der Waals surface area contributed by atoms with Gasteiger partial charge in [-0.05, 0) is 18.6 Å². The Kier molecular flexibility index (Phi) is 4.14. The summed E-state index contributed by atoms with van der Waals surface area (Å²) in [7, 11) is -5.54. The Morgan fingerprint density at radius 3 is 2.75 bits per heavy atom. The van der Waals surface area contributed by atoms with Crippen molar-refractivity contribution in [2.45, 2.75) is 23.9 Å². The summed E-state index contributed by atoms with van der Waals surface area (Å²) in [6.07, 6.45) is 1.79. The van der Waals surface area contributed by atoms with Crippen molar-refractivity contribution >= 4 is 19.9 Å². The van der Waals surface area contributed by atoms with Crippen LogP contribution in [-0.2, 0) is 26.4 Å². The van der Waals surface area contributed by atoms with Gasteiger partial charge in [0.25, 0.3) is 0 Å². The molecule has 0 spiro atoms. The number of nitrogens with two attached hydrogens (primary N) is 1. The van der Waals surface area contributed by atoms with Gasteiger partial charge in [0.15, 0.2) is 9.84 Å². The lowest BCUT2D eigenvalue weighted by atomic mass is 10.3. The van der Waals surface area contributed by atoms with E-state index in [-0.39, 0.29) is 28.6 Å². The Hall–Kier alpha value is -1.03. The SMILES string of the molecule is CN(C1CCS(=O)(=O)C1)S(=O)(=O)c1cccnc1CN. The highest BCUT2D eigenvalue weighted by Crippen LogP contribution is 2.24. The maximum absolute atomic E-state index is 12.5. The number of hydrogen-bond donors (Lipinski definition) is 1. The summed E-state index contributed by atoms with van der Waals surface area (Å²) in [5, 5.41) is 0. The first kappa shape index (κ1) is 15.4. The van der Waals surface area contributed by atoms with Gasteiger partial charge in [-0.15, -0.1) is 0 Å². The van der Waals surface area contributed by atoms with Crippen molar-refractivity contribution in [3.8, 4) is 0 Å². The molecular formula is C11H17N3O4S2. The van der Waals surface area contributed by atoms with Crippen LogP contribution in [0.25, 0.3) is 0 Å². The number of pyridine rings is 1. The molecule has 1 unspecified atom stereocenters. The first-order valence-electron chi connectivity index (χ1n) is 6.10. The van der Waals surface area contributed by atoms with Crippen LogP contribution < -0.4 is 5.73 Å². The van der Waals surface area contributed by atoms with E-state index in [1.165, 1.54) is 25.4 Å². The van der Waals surface area contributed by atoms with Crippen LogP contribution in [0.3, 0.4) is 0 Å². The highest BCUT2D eigenvalue weighted by Gasteiger charge is 2.37. The minimum absolute atomic E-state index is 0.00616. The van der Waals surface area contributed by atoms with Gasteiger partial charge in [-0.1, -0.05) is 0 Å². The van der Waals surface area contributed by atoms with Crippen LogP contribution in [-0.4, -0.2) is 50.7 Å². The largest absolute Gasteiger partial charge is 0.325 e.